The van der Waals surface area contributed by atoms with Crippen LogP contribution in [0.2, 0.25) is 0 Å². The van der Waals surface area contributed by atoms with E-state index < -0.39 is 6.10 Å². The van der Waals surface area contributed by atoms with E-state index in [0.717, 1.165) is 69.6 Å². The maximum atomic E-state index is 12.9. The minimum Gasteiger partial charge on any atom is -0.462 e. The van der Waals surface area contributed by atoms with Gasteiger partial charge in [0.1, 0.15) is 13.2 Å². The van der Waals surface area contributed by atoms with Crippen LogP contribution in [0.1, 0.15) is 330 Å². The summed E-state index contributed by atoms with van der Waals surface area (Å²) in [6.07, 6.45) is 55.2. The molecule has 2 atom stereocenters. The molecule has 386 valence electrons. The van der Waals surface area contributed by atoms with Crippen LogP contribution in [0.15, 0.2) is 0 Å². The first-order valence-electron chi connectivity index (χ1n) is 29.3. The summed E-state index contributed by atoms with van der Waals surface area (Å²) in [5, 5.41) is 0. The second-order valence-electron chi connectivity index (χ2n) is 21.0. The highest BCUT2D eigenvalue weighted by atomic mass is 16.6. The Hall–Kier alpha value is -1.59. The Morgan fingerprint density at radius 3 is 0.877 bits per heavy atom. The fourth-order valence-electron chi connectivity index (χ4n) is 9.02. The molecule has 0 aliphatic heterocycles. The van der Waals surface area contributed by atoms with Gasteiger partial charge in [0.15, 0.2) is 6.10 Å². The van der Waals surface area contributed by atoms with Gasteiger partial charge in [-0.25, -0.2) is 0 Å². The highest BCUT2D eigenvalue weighted by Crippen LogP contribution is 2.19. The number of rotatable bonds is 53. The Morgan fingerprint density at radius 1 is 0.323 bits per heavy atom. The van der Waals surface area contributed by atoms with Gasteiger partial charge in [-0.1, -0.05) is 291 Å². The van der Waals surface area contributed by atoms with Gasteiger partial charge in [-0.2, -0.15) is 0 Å². The first kappa shape index (κ1) is 63.4. The summed E-state index contributed by atoms with van der Waals surface area (Å²) in [6, 6.07) is 0. The van der Waals surface area contributed by atoms with E-state index >= 15 is 0 Å². The lowest BCUT2D eigenvalue weighted by molar-refractivity contribution is -0.167. The number of unbranched alkanes of at least 4 members (excludes halogenated alkanes) is 37. The van der Waals surface area contributed by atoms with Gasteiger partial charge in [0.2, 0.25) is 0 Å². The summed E-state index contributed by atoms with van der Waals surface area (Å²) in [7, 11) is 0. The fourth-order valence-corrected chi connectivity index (χ4v) is 9.02. The van der Waals surface area contributed by atoms with Crippen LogP contribution in [-0.2, 0) is 28.6 Å². The van der Waals surface area contributed by atoms with Crippen molar-refractivity contribution < 1.29 is 28.6 Å². The molecule has 0 rings (SSSR count). The number of esters is 3. The lowest BCUT2D eigenvalue weighted by atomic mass is 9.99. The van der Waals surface area contributed by atoms with E-state index in [1.54, 1.807) is 0 Å². The first-order valence-corrected chi connectivity index (χ1v) is 29.3. The van der Waals surface area contributed by atoms with Crippen molar-refractivity contribution in [3.05, 3.63) is 0 Å². The molecular weight excluding hydrogens is 805 g/mol. The van der Waals surface area contributed by atoms with Crippen LogP contribution in [0.3, 0.4) is 0 Å². The van der Waals surface area contributed by atoms with Crippen molar-refractivity contribution in [2.75, 3.05) is 13.2 Å². The third kappa shape index (κ3) is 51.6. The second-order valence-corrected chi connectivity index (χ2v) is 21.0. The molecule has 6 heteroatoms. The van der Waals surface area contributed by atoms with Gasteiger partial charge in [0, 0.05) is 19.3 Å². The summed E-state index contributed by atoms with van der Waals surface area (Å²) in [5.74, 6) is 0.852. The van der Waals surface area contributed by atoms with E-state index in [1.165, 1.54) is 218 Å². The number of hydrogen-bond donors (Lipinski definition) is 0. The summed E-state index contributed by atoms with van der Waals surface area (Å²) in [6.45, 7) is 11.4. The van der Waals surface area contributed by atoms with Gasteiger partial charge in [-0.3, -0.25) is 14.4 Å². The Kier molecular flexibility index (Phi) is 50.5. The number of hydrogen-bond acceptors (Lipinski definition) is 6. The molecule has 0 spiro atoms. The number of ether oxygens (including phenoxy) is 3. The molecule has 0 aromatic rings. The lowest BCUT2D eigenvalue weighted by Gasteiger charge is -2.18. The zero-order valence-electron chi connectivity index (χ0n) is 44.6. The third-order valence-electron chi connectivity index (χ3n) is 13.8. The van der Waals surface area contributed by atoms with Crippen LogP contribution < -0.4 is 0 Å². The topological polar surface area (TPSA) is 78.9 Å². The Morgan fingerprint density at radius 2 is 0.585 bits per heavy atom. The van der Waals surface area contributed by atoms with Crippen molar-refractivity contribution >= 4 is 17.9 Å². The zero-order valence-corrected chi connectivity index (χ0v) is 44.6. The second kappa shape index (κ2) is 51.8. The summed E-state index contributed by atoms with van der Waals surface area (Å²) < 4.78 is 16.9. The van der Waals surface area contributed by atoms with Crippen LogP contribution in [0.25, 0.3) is 0 Å². The summed E-state index contributed by atoms with van der Waals surface area (Å²) in [5.41, 5.74) is 0. The lowest BCUT2D eigenvalue weighted by Crippen LogP contribution is -2.30. The highest BCUT2D eigenvalue weighted by Gasteiger charge is 2.19. The molecule has 0 amide bonds. The summed E-state index contributed by atoms with van der Waals surface area (Å²) >= 11 is 0. The summed E-state index contributed by atoms with van der Waals surface area (Å²) in [4.78, 5) is 38.1. The number of carbonyl (C=O) groups is 3. The number of carbonyl (C=O) groups excluding carboxylic acids is 3. The molecule has 0 aromatic carbocycles. The fraction of sp³-hybridized carbons (Fsp3) is 0.949. The van der Waals surface area contributed by atoms with Crippen LogP contribution in [0, 0.1) is 11.8 Å². The van der Waals surface area contributed by atoms with E-state index in [2.05, 4.69) is 34.6 Å². The normalized spacial score (nSPS) is 12.5. The van der Waals surface area contributed by atoms with Crippen molar-refractivity contribution in [3.8, 4) is 0 Å². The Balaban J connectivity index is 4.28. The van der Waals surface area contributed by atoms with Crippen molar-refractivity contribution in [1.82, 2.24) is 0 Å². The van der Waals surface area contributed by atoms with Crippen LogP contribution in [0.4, 0.5) is 0 Å². The molecule has 0 saturated carbocycles. The van der Waals surface area contributed by atoms with Gasteiger partial charge in [0.25, 0.3) is 0 Å². The van der Waals surface area contributed by atoms with Crippen molar-refractivity contribution in [1.29, 1.82) is 0 Å². The molecular formula is C59H114O6. The highest BCUT2D eigenvalue weighted by molar-refractivity contribution is 5.71. The molecule has 0 saturated heterocycles. The molecule has 0 N–H and O–H groups in total. The van der Waals surface area contributed by atoms with E-state index in [-0.39, 0.29) is 31.1 Å². The Labute approximate surface area is 406 Å². The molecule has 0 heterocycles. The molecule has 0 aliphatic rings. The molecule has 0 radical (unpaired) electrons. The maximum Gasteiger partial charge on any atom is 0.306 e. The molecule has 65 heavy (non-hydrogen) atoms. The van der Waals surface area contributed by atoms with E-state index in [4.69, 9.17) is 14.2 Å². The SMILES string of the molecule is CCCCCCCCCCCCCCCCCCCCC(=O)O[C@H](COC(=O)CCCCCCCCCCCCCCCCC(C)C)COC(=O)CCCCCCCCCCC(C)CC. The van der Waals surface area contributed by atoms with Gasteiger partial charge >= 0.3 is 17.9 Å². The van der Waals surface area contributed by atoms with Crippen LogP contribution >= 0.6 is 0 Å². The van der Waals surface area contributed by atoms with Crippen LogP contribution in [0.5, 0.6) is 0 Å². The predicted octanol–water partition coefficient (Wildman–Crippen LogP) is 19.3. The van der Waals surface area contributed by atoms with Crippen molar-refractivity contribution in [3.63, 3.8) is 0 Å². The minimum absolute atomic E-state index is 0.0630. The molecule has 6 nitrogen and oxygen atoms in total. The first-order chi connectivity index (χ1) is 31.8. The largest absolute Gasteiger partial charge is 0.462 e. The average Bonchev–Trinajstić information content (AvgIpc) is 3.29. The van der Waals surface area contributed by atoms with Gasteiger partial charge < -0.3 is 14.2 Å². The average molecular weight is 920 g/mol. The van der Waals surface area contributed by atoms with E-state index in [9.17, 15) is 14.4 Å². The molecule has 0 aliphatic carbocycles. The minimum atomic E-state index is -0.763. The van der Waals surface area contributed by atoms with Gasteiger partial charge in [0.05, 0.1) is 0 Å². The van der Waals surface area contributed by atoms with E-state index in [0.29, 0.717) is 19.3 Å². The van der Waals surface area contributed by atoms with E-state index in [1.807, 2.05) is 0 Å². The standard InChI is InChI=1S/C59H114O6/c1-6-8-9-10-11-12-13-14-15-16-17-18-23-26-29-36-41-46-51-59(62)65-56(53-64-58(61)50-45-40-35-31-30-33-38-43-48-55(5)7-2)52-63-57(60)49-44-39-34-28-25-22-20-19-21-24-27-32-37-42-47-54(3)4/h54-56H,6-53H2,1-5H3/t55?,56-/m1/s1. The Bertz CT molecular complexity index is 995. The van der Waals surface area contributed by atoms with Gasteiger partial charge in [-0.15, -0.1) is 0 Å². The van der Waals surface area contributed by atoms with Gasteiger partial charge in [-0.05, 0) is 31.1 Å². The maximum absolute atomic E-state index is 12.9. The van der Waals surface area contributed by atoms with Crippen molar-refractivity contribution in [2.24, 2.45) is 11.8 Å². The van der Waals surface area contributed by atoms with Crippen molar-refractivity contribution in [2.45, 2.75) is 336 Å². The molecule has 0 fully saturated rings. The quantitative estimate of drug-likeness (QED) is 0.0344. The zero-order chi connectivity index (χ0) is 47.5. The molecule has 1 unspecified atom stereocenters. The predicted molar refractivity (Wildman–Crippen MR) is 280 cm³/mol. The molecule has 0 aromatic heterocycles. The van der Waals surface area contributed by atoms with Crippen LogP contribution in [-0.4, -0.2) is 37.2 Å². The monoisotopic (exact) mass is 919 g/mol. The smallest absolute Gasteiger partial charge is 0.306 e. The molecule has 0 bridgehead atoms. The third-order valence-corrected chi connectivity index (χ3v) is 13.8.